The summed E-state index contributed by atoms with van der Waals surface area (Å²) in [4.78, 5) is 22.6. The standard InChI is InChI=1S/C14H28N2O3/c1-5-6-7-9(2)10(3)12(8-13(17)18)16-14(19)11(4)15/h9-12H,5-8,15H2,1-4H3,(H,16,19)(H,17,18). The summed E-state index contributed by atoms with van der Waals surface area (Å²) >= 11 is 0. The Morgan fingerprint density at radius 2 is 1.84 bits per heavy atom. The Labute approximate surface area is 115 Å². The third-order valence-corrected chi connectivity index (χ3v) is 3.68. The maximum absolute atomic E-state index is 11.6. The third kappa shape index (κ3) is 7.15. The summed E-state index contributed by atoms with van der Waals surface area (Å²) in [6.07, 6.45) is 3.22. The number of hydrogen-bond donors (Lipinski definition) is 3. The molecule has 0 saturated heterocycles. The van der Waals surface area contributed by atoms with Crippen molar-refractivity contribution in [3.63, 3.8) is 0 Å². The first-order valence-corrected chi connectivity index (χ1v) is 7.07. The predicted molar refractivity (Wildman–Crippen MR) is 75.7 cm³/mol. The fraction of sp³-hybridized carbons (Fsp3) is 0.857. The van der Waals surface area contributed by atoms with Crippen LogP contribution >= 0.6 is 0 Å². The molecule has 0 aromatic rings. The SMILES string of the molecule is CCCCC(C)C(C)C(CC(=O)O)NC(=O)C(C)N. The fourth-order valence-corrected chi connectivity index (χ4v) is 2.06. The molecule has 1 amide bonds. The zero-order chi connectivity index (χ0) is 15.0. The molecule has 4 atom stereocenters. The van der Waals surface area contributed by atoms with Gasteiger partial charge in [0, 0.05) is 6.04 Å². The first-order valence-electron chi connectivity index (χ1n) is 7.07. The highest BCUT2D eigenvalue weighted by Crippen LogP contribution is 2.23. The van der Waals surface area contributed by atoms with Crippen LogP contribution in [0.4, 0.5) is 0 Å². The zero-order valence-electron chi connectivity index (χ0n) is 12.5. The number of carboxylic acids is 1. The van der Waals surface area contributed by atoms with Crippen molar-refractivity contribution in [2.75, 3.05) is 0 Å². The smallest absolute Gasteiger partial charge is 0.305 e. The first kappa shape index (κ1) is 17.9. The molecule has 0 radical (unpaired) electrons. The molecule has 0 bridgehead atoms. The molecule has 0 aliphatic carbocycles. The molecule has 112 valence electrons. The van der Waals surface area contributed by atoms with Crippen LogP contribution in [0.1, 0.15) is 53.4 Å². The Morgan fingerprint density at radius 1 is 1.26 bits per heavy atom. The van der Waals surface area contributed by atoms with Crippen LogP contribution in [0.25, 0.3) is 0 Å². The minimum Gasteiger partial charge on any atom is -0.481 e. The molecule has 0 aromatic carbocycles. The monoisotopic (exact) mass is 272 g/mol. The number of amides is 1. The molecule has 0 aliphatic heterocycles. The second kappa shape index (κ2) is 8.91. The van der Waals surface area contributed by atoms with E-state index in [1.165, 1.54) is 0 Å². The van der Waals surface area contributed by atoms with Gasteiger partial charge in [0.1, 0.15) is 0 Å². The Morgan fingerprint density at radius 3 is 2.26 bits per heavy atom. The van der Waals surface area contributed by atoms with E-state index in [9.17, 15) is 9.59 Å². The van der Waals surface area contributed by atoms with Crippen LogP contribution in [-0.4, -0.2) is 29.1 Å². The summed E-state index contributed by atoms with van der Waals surface area (Å²) in [5.74, 6) is -0.701. The van der Waals surface area contributed by atoms with Crippen LogP contribution < -0.4 is 11.1 Å². The Bertz CT molecular complexity index is 292. The van der Waals surface area contributed by atoms with E-state index < -0.39 is 12.0 Å². The van der Waals surface area contributed by atoms with Gasteiger partial charge in [-0.05, 0) is 18.8 Å². The van der Waals surface area contributed by atoms with Gasteiger partial charge in [0.15, 0.2) is 0 Å². The summed E-state index contributed by atoms with van der Waals surface area (Å²) < 4.78 is 0. The molecule has 5 nitrogen and oxygen atoms in total. The highest BCUT2D eigenvalue weighted by molar-refractivity contribution is 5.82. The van der Waals surface area contributed by atoms with Crippen LogP contribution in [-0.2, 0) is 9.59 Å². The summed E-state index contributed by atoms with van der Waals surface area (Å²) in [6, 6.07) is -0.975. The molecule has 0 aliphatic rings. The van der Waals surface area contributed by atoms with E-state index in [0.29, 0.717) is 5.92 Å². The molecule has 4 N–H and O–H groups in total. The first-order chi connectivity index (χ1) is 8.79. The zero-order valence-corrected chi connectivity index (χ0v) is 12.5. The minimum absolute atomic E-state index is 0.0594. The maximum Gasteiger partial charge on any atom is 0.305 e. The largest absolute Gasteiger partial charge is 0.481 e. The van der Waals surface area contributed by atoms with Crippen molar-refractivity contribution in [3.8, 4) is 0 Å². The van der Waals surface area contributed by atoms with Crippen molar-refractivity contribution in [2.45, 2.75) is 65.5 Å². The van der Waals surface area contributed by atoms with E-state index in [4.69, 9.17) is 10.8 Å². The number of nitrogens with two attached hydrogens (primary N) is 1. The number of unbranched alkanes of at least 4 members (excludes halogenated alkanes) is 1. The van der Waals surface area contributed by atoms with E-state index in [1.54, 1.807) is 6.92 Å². The van der Waals surface area contributed by atoms with E-state index in [0.717, 1.165) is 19.3 Å². The van der Waals surface area contributed by atoms with E-state index in [-0.39, 0.29) is 24.3 Å². The van der Waals surface area contributed by atoms with Gasteiger partial charge in [0.05, 0.1) is 12.5 Å². The molecule has 4 unspecified atom stereocenters. The Balaban J connectivity index is 4.63. The fourth-order valence-electron chi connectivity index (χ4n) is 2.06. The summed E-state index contributed by atoms with van der Waals surface area (Å²) in [5, 5.41) is 11.7. The molecule has 5 heteroatoms. The van der Waals surface area contributed by atoms with E-state index in [1.807, 2.05) is 6.92 Å². The van der Waals surface area contributed by atoms with Crippen LogP contribution in [0.3, 0.4) is 0 Å². The van der Waals surface area contributed by atoms with Crippen molar-refractivity contribution >= 4 is 11.9 Å². The quantitative estimate of drug-likeness (QED) is 0.596. The van der Waals surface area contributed by atoms with Crippen LogP contribution in [0.2, 0.25) is 0 Å². The van der Waals surface area contributed by atoms with Gasteiger partial charge >= 0.3 is 5.97 Å². The van der Waals surface area contributed by atoms with Gasteiger partial charge in [0.25, 0.3) is 0 Å². The molecular formula is C14H28N2O3. The molecule has 0 fully saturated rings. The minimum atomic E-state index is -0.899. The molecule has 19 heavy (non-hydrogen) atoms. The van der Waals surface area contributed by atoms with Gasteiger partial charge in [0.2, 0.25) is 5.91 Å². The van der Waals surface area contributed by atoms with E-state index >= 15 is 0 Å². The summed E-state index contributed by atoms with van der Waals surface area (Å²) in [6.45, 7) is 7.82. The maximum atomic E-state index is 11.6. The molecular weight excluding hydrogens is 244 g/mol. The summed E-state index contributed by atoms with van der Waals surface area (Å²) in [5.41, 5.74) is 5.51. The summed E-state index contributed by atoms with van der Waals surface area (Å²) in [7, 11) is 0. The van der Waals surface area contributed by atoms with Crippen LogP contribution in [0.5, 0.6) is 0 Å². The number of carbonyl (C=O) groups is 2. The van der Waals surface area contributed by atoms with E-state index in [2.05, 4.69) is 19.2 Å². The lowest BCUT2D eigenvalue weighted by molar-refractivity contribution is -0.138. The van der Waals surface area contributed by atoms with Crippen molar-refractivity contribution in [3.05, 3.63) is 0 Å². The lowest BCUT2D eigenvalue weighted by atomic mass is 9.84. The molecule has 0 saturated carbocycles. The Hall–Kier alpha value is -1.10. The van der Waals surface area contributed by atoms with Gasteiger partial charge < -0.3 is 16.2 Å². The predicted octanol–water partition coefficient (Wildman–Crippen LogP) is 1.76. The second-order valence-corrected chi connectivity index (χ2v) is 5.48. The van der Waals surface area contributed by atoms with Gasteiger partial charge in [-0.15, -0.1) is 0 Å². The third-order valence-electron chi connectivity index (χ3n) is 3.68. The number of carbonyl (C=O) groups excluding carboxylic acids is 1. The normalized spacial score (nSPS) is 17.3. The highest BCUT2D eigenvalue weighted by Gasteiger charge is 2.26. The molecule has 0 rings (SSSR count). The lowest BCUT2D eigenvalue weighted by Gasteiger charge is -2.29. The lowest BCUT2D eigenvalue weighted by Crippen LogP contribution is -2.48. The van der Waals surface area contributed by atoms with Crippen molar-refractivity contribution < 1.29 is 14.7 Å². The van der Waals surface area contributed by atoms with Crippen molar-refractivity contribution in [1.29, 1.82) is 0 Å². The average Bonchev–Trinajstić information content (AvgIpc) is 2.33. The molecule has 0 aromatic heterocycles. The molecule has 0 heterocycles. The number of aliphatic carboxylic acids is 1. The van der Waals surface area contributed by atoms with Crippen molar-refractivity contribution in [1.82, 2.24) is 5.32 Å². The number of nitrogens with one attached hydrogen (secondary N) is 1. The van der Waals surface area contributed by atoms with Gasteiger partial charge in [-0.1, -0.05) is 40.0 Å². The van der Waals surface area contributed by atoms with Crippen LogP contribution in [0, 0.1) is 11.8 Å². The molecule has 0 spiro atoms. The number of rotatable bonds is 9. The Kier molecular flexibility index (Phi) is 8.39. The average molecular weight is 272 g/mol. The highest BCUT2D eigenvalue weighted by atomic mass is 16.4. The second-order valence-electron chi connectivity index (χ2n) is 5.48. The number of carboxylic acid groups (broad SMARTS) is 1. The van der Waals surface area contributed by atoms with Crippen molar-refractivity contribution in [2.24, 2.45) is 17.6 Å². The van der Waals surface area contributed by atoms with Gasteiger partial charge in [-0.2, -0.15) is 0 Å². The van der Waals surface area contributed by atoms with Gasteiger partial charge in [-0.3, -0.25) is 9.59 Å². The van der Waals surface area contributed by atoms with Gasteiger partial charge in [-0.25, -0.2) is 0 Å². The topological polar surface area (TPSA) is 92.4 Å². The number of hydrogen-bond acceptors (Lipinski definition) is 3. The van der Waals surface area contributed by atoms with Crippen LogP contribution in [0.15, 0.2) is 0 Å².